The van der Waals surface area contributed by atoms with Gasteiger partial charge in [-0.2, -0.15) is 0 Å². The molecule has 0 aromatic heterocycles. The third-order valence-corrected chi connectivity index (χ3v) is 3.32. The molecule has 0 aliphatic carbocycles. The third-order valence-electron chi connectivity index (χ3n) is 3.32. The van der Waals surface area contributed by atoms with Gasteiger partial charge in [0.05, 0.1) is 12.2 Å². The standard InChI is InChI=1S/C15H24O2/c1-5-11-17-14-9-7-13(8-10-14)15(16,6-2)12(3)4/h7-10,12,16H,5-6,11H2,1-4H3. The van der Waals surface area contributed by atoms with Crippen molar-refractivity contribution in [3.63, 3.8) is 0 Å². The molecule has 1 unspecified atom stereocenters. The predicted molar refractivity (Wildman–Crippen MR) is 71.3 cm³/mol. The van der Waals surface area contributed by atoms with Crippen molar-refractivity contribution in [1.82, 2.24) is 0 Å². The molecular formula is C15H24O2. The van der Waals surface area contributed by atoms with Crippen LogP contribution in [-0.2, 0) is 5.60 Å². The van der Waals surface area contributed by atoms with E-state index in [0.717, 1.165) is 30.8 Å². The Hall–Kier alpha value is -1.02. The maximum absolute atomic E-state index is 10.6. The molecule has 1 aromatic rings. The van der Waals surface area contributed by atoms with E-state index in [-0.39, 0.29) is 5.92 Å². The Morgan fingerprint density at radius 2 is 1.76 bits per heavy atom. The Bertz CT molecular complexity index is 329. The Morgan fingerprint density at radius 3 is 2.18 bits per heavy atom. The van der Waals surface area contributed by atoms with Crippen LogP contribution in [0, 0.1) is 5.92 Å². The number of hydrogen-bond acceptors (Lipinski definition) is 2. The van der Waals surface area contributed by atoms with Crippen LogP contribution >= 0.6 is 0 Å². The van der Waals surface area contributed by atoms with Crippen molar-refractivity contribution in [2.45, 2.75) is 46.1 Å². The summed E-state index contributed by atoms with van der Waals surface area (Å²) in [6.45, 7) is 8.93. The molecule has 0 aliphatic heterocycles. The van der Waals surface area contributed by atoms with Crippen LogP contribution in [0.2, 0.25) is 0 Å². The molecular weight excluding hydrogens is 212 g/mol. The van der Waals surface area contributed by atoms with Gasteiger partial charge >= 0.3 is 0 Å². The first-order chi connectivity index (χ1) is 8.04. The second-order valence-corrected chi connectivity index (χ2v) is 4.81. The molecule has 1 N–H and O–H groups in total. The van der Waals surface area contributed by atoms with E-state index in [9.17, 15) is 5.11 Å². The monoisotopic (exact) mass is 236 g/mol. The second-order valence-electron chi connectivity index (χ2n) is 4.81. The van der Waals surface area contributed by atoms with Gasteiger partial charge in [0.15, 0.2) is 0 Å². The van der Waals surface area contributed by atoms with E-state index in [1.165, 1.54) is 0 Å². The Balaban J connectivity index is 2.85. The summed E-state index contributed by atoms with van der Waals surface area (Å²) in [7, 11) is 0. The molecule has 1 atom stereocenters. The fourth-order valence-corrected chi connectivity index (χ4v) is 2.01. The van der Waals surface area contributed by atoms with Crippen LogP contribution in [-0.4, -0.2) is 11.7 Å². The van der Waals surface area contributed by atoms with Gasteiger partial charge in [0.25, 0.3) is 0 Å². The molecule has 2 nitrogen and oxygen atoms in total. The van der Waals surface area contributed by atoms with Gasteiger partial charge in [-0.1, -0.05) is 39.8 Å². The zero-order valence-electron chi connectivity index (χ0n) is 11.4. The largest absolute Gasteiger partial charge is 0.494 e. The Kier molecular flexibility index (Phi) is 5.01. The Morgan fingerprint density at radius 1 is 1.18 bits per heavy atom. The average Bonchev–Trinajstić information content (AvgIpc) is 2.35. The maximum atomic E-state index is 10.6. The van der Waals surface area contributed by atoms with Gasteiger partial charge in [0, 0.05) is 0 Å². The molecule has 17 heavy (non-hydrogen) atoms. The summed E-state index contributed by atoms with van der Waals surface area (Å²) in [6.07, 6.45) is 1.73. The van der Waals surface area contributed by atoms with Crippen molar-refractivity contribution < 1.29 is 9.84 Å². The van der Waals surface area contributed by atoms with Gasteiger partial charge in [-0.05, 0) is 36.5 Å². The van der Waals surface area contributed by atoms with Crippen molar-refractivity contribution in [1.29, 1.82) is 0 Å². The number of benzene rings is 1. The first-order valence-corrected chi connectivity index (χ1v) is 6.50. The fraction of sp³-hybridized carbons (Fsp3) is 0.600. The highest BCUT2D eigenvalue weighted by Gasteiger charge is 2.30. The SMILES string of the molecule is CCCOc1ccc(C(O)(CC)C(C)C)cc1. The molecule has 1 aromatic carbocycles. The lowest BCUT2D eigenvalue weighted by molar-refractivity contribution is -0.0140. The summed E-state index contributed by atoms with van der Waals surface area (Å²) in [5.41, 5.74) is 0.238. The predicted octanol–water partition coefficient (Wildman–Crippen LogP) is 3.73. The molecule has 0 aliphatic rings. The number of ether oxygens (including phenoxy) is 1. The van der Waals surface area contributed by atoms with Crippen molar-refractivity contribution in [2.24, 2.45) is 5.92 Å². The lowest BCUT2D eigenvalue weighted by atomic mass is 9.81. The summed E-state index contributed by atoms with van der Waals surface area (Å²) in [5, 5.41) is 10.6. The first kappa shape index (κ1) is 14.0. The smallest absolute Gasteiger partial charge is 0.119 e. The van der Waals surface area contributed by atoms with Crippen LogP contribution in [0.1, 0.15) is 46.1 Å². The molecule has 0 saturated heterocycles. The zero-order valence-corrected chi connectivity index (χ0v) is 11.4. The minimum atomic E-state index is -0.733. The van der Waals surface area contributed by atoms with Crippen LogP contribution in [0.15, 0.2) is 24.3 Å². The van der Waals surface area contributed by atoms with Crippen LogP contribution in [0.25, 0.3) is 0 Å². The molecule has 0 spiro atoms. The van der Waals surface area contributed by atoms with Gasteiger partial charge in [0.1, 0.15) is 5.75 Å². The minimum Gasteiger partial charge on any atom is -0.494 e. The summed E-state index contributed by atoms with van der Waals surface area (Å²) in [5.74, 6) is 1.08. The molecule has 0 heterocycles. The molecule has 0 radical (unpaired) electrons. The molecule has 0 amide bonds. The summed E-state index contributed by atoms with van der Waals surface area (Å²) >= 11 is 0. The van der Waals surface area contributed by atoms with E-state index in [2.05, 4.69) is 6.92 Å². The molecule has 0 bridgehead atoms. The van der Waals surface area contributed by atoms with Crippen LogP contribution < -0.4 is 4.74 Å². The maximum Gasteiger partial charge on any atom is 0.119 e. The van der Waals surface area contributed by atoms with Gasteiger partial charge in [-0.25, -0.2) is 0 Å². The van der Waals surface area contributed by atoms with Gasteiger partial charge in [-0.15, -0.1) is 0 Å². The van der Waals surface area contributed by atoms with Crippen molar-refractivity contribution in [2.75, 3.05) is 6.61 Å². The van der Waals surface area contributed by atoms with Gasteiger partial charge in [0.2, 0.25) is 0 Å². The third kappa shape index (κ3) is 3.22. The molecule has 2 heteroatoms. The summed E-state index contributed by atoms with van der Waals surface area (Å²) < 4.78 is 5.54. The second kappa shape index (κ2) is 6.06. The zero-order chi connectivity index (χ0) is 12.9. The lowest BCUT2D eigenvalue weighted by Crippen LogP contribution is -2.31. The van der Waals surface area contributed by atoms with Crippen molar-refractivity contribution in [3.8, 4) is 5.75 Å². The quantitative estimate of drug-likeness (QED) is 0.815. The fourth-order valence-electron chi connectivity index (χ4n) is 2.01. The number of hydrogen-bond donors (Lipinski definition) is 1. The highest BCUT2D eigenvalue weighted by molar-refractivity contribution is 5.31. The molecule has 0 saturated carbocycles. The van der Waals surface area contributed by atoms with E-state index in [0.29, 0.717) is 0 Å². The molecule has 96 valence electrons. The number of rotatable bonds is 6. The first-order valence-electron chi connectivity index (χ1n) is 6.50. The normalized spacial score (nSPS) is 14.7. The summed E-state index contributed by atoms with van der Waals surface area (Å²) in [4.78, 5) is 0. The van der Waals surface area contributed by atoms with Crippen molar-refractivity contribution >= 4 is 0 Å². The topological polar surface area (TPSA) is 29.5 Å². The van der Waals surface area contributed by atoms with Crippen LogP contribution in [0.3, 0.4) is 0 Å². The van der Waals surface area contributed by atoms with E-state index in [1.807, 2.05) is 45.0 Å². The average molecular weight is 236 g/mol. The van der Waals surface area contributed by atoms with E-state index in [1.54, 1.807) is 0 Å². The highest BCUT2D eigenvalue weighted by atomic mass is 16.5. The van der Waals surface area contributed by atoms with E-state index >= 15 is 0 Å². The summed E-state index contributed by atoms with van der Waals surface area (Å²) in [6, 6.07) is 7.81. The van der Waals surface area contributed by atoms with E-state index in [4.69, 9.17) is 4.74 Å². The van der Waals surface area contributed by atoms with Gasteiger partial charge < -0.3 is 9.84 Å². The molecule has 0 fully saturated rings. The molecule has 1 rings (SSSR count). The van der Waals surface area contributed by atoms with Crippen LogP contribution in [0.4, 0.5) is 0 Å². The lowest BCUT2D eigenvalue weighted by Gasteiger charge is -2.31. The van der Waals surface area contributed by atoms with Gasteiger partial charge in [-0.3, -0.25) is 0 Å². The van der Waals surface area contributed by atoms with Crippen LogP contribution in [0.5, 0.6) is 5.75 Å². The highest BCUT2D eigenvalue weighted by Crippen LogP contribution is 2.33. The van der Waals surface area contributed by atoms with E-state index < -0.39 is 5.60 Å². The van der Waals surface area contributed by atoms with Crippen molar-refractivity contribution in [3.05, 3.63) is 29.8 Å². The minimum absolute atomic E-state index is 0.204. The Labute approximate surface area is 105 Å². The number of aliphatic hydroxyl groups is 1.